The molecule has 4 aliphatic rings. The van der Waals surface area contributed by atoms with Gasteiger partial charge in [-0.25, -0.2) is 9.59 Å². The van der Waals surface area contributed by atoms with Gasteiger partial charge in [-0.05, 0) is 46.0 Å². The Balaban J connectivity index is 1.64. The van der Waals surface area contributed by atoms with E-state index in [-0.39, 0.29) is 41.6 Å². The van der Waals surface area contributed by atoms with E-state index in [1.54, 1.807) is 13.0 Å². The maximum absolute atomic E-state index is 12.3. The minimum absolute atomic E-state index is 0.1000. The molecule has 4 rings (SSSR count). The van der Waals surface area contributed by atoms with E-state index in [9.17, 15) is 9.59 Å². The van der Waals surface area contributed by atoms with Gasteiger partial charge in [0, 0.05) is 28.1 Å². The number of hydrogen-bond acceptors (Lipinski definition) is 5. The minimum Gasteiger partial charge on any atom is -0.459 e. The van der Waals surface area contributed by atoms with Crippen molar-refractivity contribution in [2.45, 2.75) is 65.3 Å². The molecule has 0 aromatic heterocycles. The van der Waals surface area contributed by atoms with E-state index in [1.165, 1.54) is 0 Å². The third-order valence-electron chi connectivity index (χ3n) is 7.06. The zero-order valence-corrected chi connectivity index (χ0v) is 15.3. The third-order valence-corrected chi connectivity index (χ3v) is 7.06. The topological polar surface area (TPSA) is 61.8 Å². The second-order valence-electron chi connectivity index (χ2n) is 8.09. The van der Waals surface area contributed by atoms with Crippen LogP contribution in [0, 0.1) is 17.3 Å². The van der Waals surface area contributed by atoms with E-state index >= 15 is 0 Å². The molecule has 0 N–H and O–H groups in total. The van der Waals surface area contributed by atoms with Gasteiger partial charge in [0.1, 0.15) is 12.2 Å². The highest BCUT2D eigenvalue weighted by Gasteiger charge is 2.64. The number of carbonyl (C=O) groups is 2. The molecule has 0 amide bonds. The quantitative estimate of drug-likeness (QED) is 0.568. The lowest BCUT2D eigenvalue weighted by molar-refractivity contribution is -0.158. The predicted octanol–water partition coefficient (Wildman–Crippen LogP) is 2.94. The zero-order valence-electron chi connectivity index (χ0n) is 15.3. The molecule has 5 heteroatoms. The number of esters is 2. The Kier molecular flexibility index (Phi) is 3.83. The van der Waals surface area contributed by atoms with Crippen LogP contribution in [0.25, 0.3) is 0 Å². The Labute approximate surface area is 148 Å². The Morgan fingerprint density at radius 1 is 1.36 bits per heavy atom. The Morgan fingerprint density at radius 3 is 2.84 bits per heavy atom. The van der Waals surface area contributed by atoms with Crippen molar-refractivity contribution in [1.82, 2.24) is 0 Å². The Hall–Kier alpha value is -1.62. The maximum Gasteiger partial charge on any atom is 0.334 e. The van der Waals surface area contributed by atoms with E-state index < -0.39 is 0 Å². The molecule has 5 nitrogen and oxygen atoms in total. The summed E-state index contributed by atoms with van der Waals surface area (Å²) in [6, 6.07) is 0. The molecule has 1 saturated heterocycles. The molecule has 2 heterocycles. The number of fused-ring (bicyclic) bond motifs is 2. The van der Waals surface area contributed by atoms with E-state index in [2.05, 4.69) is 6.92 Å². The van der Waals surface area contributed by atoms with Crippen LogP contribution < -0.4 is 0 Å². The Morgan fingerprint density at radius 2 is 2.12 bits per heavy atom. The monoisotopic (exact) mass is 346 g/mol. The molecule has 2 aliphatic carbocycles. The fourth-order valence-electron chi connectivity index (χ4n) is 5.38. The highest BCUT2D eigenvalue weighted by Crippen LogP contribution is 2.61. The summed E-state index contributed by atoms with van der Waals surface area (Å²) in [5.74, 6) is 0.152. The average molecular weight is 346 g/mol. The van der Waals surface area contributed by atoms with Crippen molar-refractivity contribution < 1.29 is 23.8 Å². The van der Waals surface area contributed by atoms with Crippen LogP contribution in [0.4, 0.5) is 0 Å². The lowest BCUT2D eigenvalue weighted by Gasteiger charge is -2.52. The van der Waals surface area contributed by atoms with Crippen LogP contribution in [0.15, 0.2) is 22.8 Å². The minimum atomic E-state index is -0.235. The summed E-state index contributed by atoms with van der Waals surface area (Å²) in [6.07, 6.45) is 4.12. The van der Waals surface area contributed by atoms with Crippen LogP contribution in [0.2, 0.25) is 0 Å². The fourth-order valence-corrected chi connectivity index (χ4v) is 5.38. The summed E-state index contributed by atoms with van der Waals surface area (Å²) < 4.78 is 17.6. The van der Waals surface area contributed by atoms with Crippen molar-refractivity contribution >= 4 is 11.9 Å². The van der Waals surface area contributed by atoms with Gasteiger partial charge in [-0.15, -0.1) is 0 Å². The van der Waals surface area contributed by atoms with Crippen LogP contribution in [0.5, 0.6) is 0 Å². The van der Waals surface area contributed by atoms with Crippen LogP contribution in [0.3, 0.4) is 0 Å². The van der Waals surface area contributed by atoms with E-state index in [0.29, 0.717) is 23.7 Å². The zero-order chi connectivity index (χ0) is 17.9. The van der Waals surface area contributed by atoms with Crippen molar-refractivity contribution in [3.05, 3.63) is 22.8 Å². The first-order valence-electron chi connectivity index (χ1n) is 9.25. The first-order valence-corrected chi connectivity index (χ1v) is 9.25. The van der Waals surface area contributed by atoms with Crippen molar-refractivity contribution in [3.63, 3.8) is 0 Å². The number of hydrogen-bond donors (Lipinski definition) is 0. The molecule has 3 fully saturated rings. The number of ether oxygens (including phenoxy) is 3. The predicted molar refractivity (Wildman–Crippen MR) is 90.6 cm³/mol. The van der Waals surface area contributed by atoms with Gasteiger partial charge in [-0.2, -0.15) is 0 Å². The highest BCUT2D eigenvalue weighted by atomic mass is 16.6. The molecule has 0 spiro atoms. The summed E-state index contributed by atoms with van der Waals surface area (Å²) in [4.78, 5) is 24.3. The number of carbonyl (C=O) groups excluding carboxylic acids is 2. The van der Waals surface area contributed by atoms with E-state index in [0.717, 1.165) is 24.8 Å². The SMILES string of the molecule is C/C=C(/C)C(=O)O[C@H]1CC[C@@H]2C[C@H]3OC(=O)C(C)=C3[C@@H]3OC[C@@H]1[C@]23C. The summed E-state index contributed by atoms with van der Waals surface area (Å²) in [5, 5.41) is 0. The van der Waals surface area contributed by atoms with Crippen molar-refractivity contribution in [1.29, 1.82) is 0 Å². The molecule has 25 heavy (non-hydrogen) atoms. The smallest absolute Gasteiger partial charge is 0.334 e. The summed E-state index contributed by atoms with van der Waals surface area (Å²) >= 11 is 0. The van der Waals surface area contributed by atoms with Crippen molar-refractivity contribution in [2.24, 2.45) is 17.3 Å². The molecule has 0 unspecified atom stereocenters. The molecule has 0 aromatic carbocycles. The molecular formula is C20H26O5. The van der Waals surface area contributed by atoms with Crippen LogP contribution >= 0.6 is 0 Å². The van der Waals surface area contributed by atoms with Crippen LogP contribution in [-0.4, -0.2) is 36.9 Å². The molecular weight excluding hydrogens is 320 g/mol. The first-order chi connectivity index (χ1) is 11.9. The van der Waals surface area contributed by atoms with Gasteiger partial charge in [0.2, 0.25) is 0 Å². The van der Waals surface area contributed by atoms with E-state index in [4.69, 9.17) is 14.2 Å². The van der Waals surface area contributed by atoms with Gasteiger partial charge >= 0.3 is 11.9 Å². The van der Waals surface area contributed by atoms with Crippen LogP contribution in [0.1, 0.15) is 47.0 Å². The number of allylic oxidation sites excluding steroid dienone is 1. The summed E-state index contributed by atoms with van der Waals surface area (Å²) in [7, 11) is 0. The molecule has 136 valence electrons. The van der Waals surface area contributed by atoms with Gasteiger partial charge in [0.25, 0.3) is 0 Å². The molecule has 2 saturated carbocycles. The van der Waals surface area contributed by atoms with Crippen molar-refractivity contribution in [3.8, 4) is 0 Å². The highest BCUT2D eigenvalue weighted by molar-refractivity contribution is 5.92. The number of rotatable bonds is 2. The molecule has 2 aliphatic heterocycles. The summed E-state index contributed by atoms with van der Waals surface area (Å²) in [6.45, 7) is 8.29. The van der Waals surface area contributed by atoms with Crippen LogP contribution in [-0.2, 0) is 23.8 Å². The summed E-state index contributed by atoms with van der Waals surface area (Å²) in [5.41, 5.74) is 2.27. The van der Waals surface area contributed by atoms with Crippen molar-refractivity contribution in [2.75, 3.05) is 6.61 Å². The first kappa shape index (κ1) is 16.8. The normalized spacial score (nSPS) is 42.8. The average Bonchev–Trinajstić information content (AvgIpc) is 3.07. The Bertz CT molecular complexity index is 690. The van der Waals surface area contributed by atoms with Gasteiger partial charge < -0.3 is 14.2 Å². The molecule has 0 aromatic rings. The van der Waals surface area contributed by atoms with E-state index in [1.807, 2.05) is 13.8 Å². The van der Waals surface area contributed by atoms with Gasteiger partial charge in [-0.3, -0.25) is 0 Å². The fraction of sp³-hybridized carbons (Fsp3) is 0.700. The maximum atomic E-state index is 12.3. The second-order valence-corrected chi connectivity index (χ2v) is 8.09. The second kappa shape index (κ2) is 5.70. The standard InChI is InChI=1S/C20H26O5/c1-5-10(2)18(21)24-14-7-6-12-8-15-16(11(3)19(22)25-15)17-20(12,4)13(14)9-23-17/h5,12-15,17H,6-9H2,1-4H3/b10-5-/t12-,13+,14+,15-,17+,20+/m1/s1. The lowest BCUT2D eigenvalue weighted by atomic mass is 9.53. The van der Waals surface area contributed by atoms with Gasteiger partial charge in [0.15, 0.2) is 0 Å². The molecule has 6 atom stereocenters. The lowest BCUT2D eigenvalue weighted by Crippen LogP contribution is -2.54. The third kappa shape index (κ3) is 2.24. The van der Waals surface area contributed by atoms with Gasteiger partial charge in [0.05, 0.1) is 12.7 Å². The molecule has 0 radical (unpaired) electrons. The van der Waals surface area contributed by atoms with Gasteiger partial charge in [-0.1, -0.05) is 13.0 Å². The molecule has 0 bridgehead atoms. The largest absolute Gasteiger partial charge is 0.459 e.